The second-order valence-electron chi connectivity index (χ2n) is 8.25. The molecule has 1 unspecified atom stereocenters. The molecule has 0 bridgehead atoms. The van der Waals surface area contributed by atoms with Gasteiger partial charge in [-0.15, -0.1) is 0 Å². The van der Waals surface area contributed by atoms with Crippen LogP contribution < -0.4 is 10.9 Å². The van der Waals surface area contributed by atoms with Crippen molar-refractivity contribution in [2.24, 2.45) is 5.92 Å². The van der Waals surface area contributed by atoms with Crippen molar-refractivity contribution < 1.29 is 22.5 Å². The van der Waals surface area contributed by atoms with Gasteiger partial charge in [0, 0.05) is 29.5 Å². The van der Waals surface area contributed by atoms with Crippen LogP contribution in [0.15, 0.2) is 69.2 Å². The van der Waals surface area contributed by atoms with Gasteiger partial charge >= 0.3 is 6.18 Å². The number of benzene rings is 2. The standard InChI is InChI=1S/C25H20F3N3O3S/c1-15-22(35(34)20-9-7-16(13-29)8-10-20)12-21(23(32)30-14-17-5-6-17)24(33)31(15)19-4-2-3-18(11-19)25(26,27)28/h2-4,7-12,17H,5-6,14H2,1H3,(H,30,32). The van der Waals surface area contributed by atoms with Crippen LogP contribution in [0.5, 0.6) is 0 Å². The minimum atomic E-state index is -4.64. The fourth-order valence-electron chi connectivity index (χ4n) is 3.60. The predicted molar refractivity (Wildman–Crippen MR) is 123 cm³/mol. The van der Waals surface area contributed by atoms with Gasteiger partial charge in [-0.1, -0.05) is 6.07 Å². The number of nitrogens with one attached hydrogen (secondary N) is 1. The molecule has 1 aliphatic rings. The first-order chi connectivity index (χ1) is 16.6. The molecule has 3 aromatic rings. The molecule has 180 valence electrons. The Hall–Kier alpha value is -3.55. The molecule has 1 atom stereocenters. The molecule has 1 fully saturated rings. The summed E-state index contributed by atoms with van der Waals surface area (Å²) in [6.45, 7) is 1.84. The zero-order valence-corrected chi connectivity index (χ0v) is 19.4. The summed E-state index contributed by atoms with van der Waals surface area (Å²) in [5, 5.41) is 11.7. The SMILES string of the molecule is Cc1c([S+]([O-])c2ccc(C#N)cc2)cc(C(=O)NCC2CC2)c(=O)n1-c1cccc(C(F)(F)F)c1. The van der Waals surface area contributed by atoms with Crippen LogP contribution in [-0.2, 0) is 17.4 Å². The lowest BCUT2D eigenvalue weighted by atomic mass is 10.1. The molecule has 1 saturated carbocycles. The van der Waals surface area contributed by atoms with Crippen LogP contribution in [0.1, 0.15) is 40.0 Å². The second kappa shape index (κ2) is 9.60. The first-order valence-corrected chi connectivity index (χ1v) is 11.9. The normalized spacial score (nSPS) is 14.3. The van der Waals surface area contributed by atoms with Gasteiger partial charge in [-0.05, 0) is 68.1 Å². The number of amides is 1. The van der Waals surface area contributed by atoms with Crippen molar-refractivity contribution in [2.45, 2.75) is 35.7 Å². The van der Waals surface area contributed by atoms with Crippen LogP contribution in [0, 0.1) is 24.2 Å². The van der Waals surface area contributed by atoms with Crippen molar-refractivity contribution in [3.63, 3.8) is 0 Å². The molecule has 1 aliphatic carbocycles. The van der Waals surface area contributed by atoms with E-state index in [0.29, 0.717) is 22.9 Å². The summed E-state index contributed by atoms with van der Waals surface area (Å²) in [5.74, 6) is -0.344. The molecule has 10 heteroatoms. The number of rotatable bonds is 6. The van der Waals surface area contributed by atoms with Crippen LogP contribution >= 0.6 is 0 Å². The number of aromatic nitrogens is 1. The highest BCUT2D eigenvalue weighted by Crippen LogP contribution is 2.32. The number of carbonyl (C=O) groups is 1. The molecule has 0 radical (unpaired) electrons. The van der Waals surface area contributed by atoms with E-state index >= 15 is 0 Å². The molecule has 35 heavy (non-hydrogen) atoms. The molecule has 1 N–H and O–H groups in total. The predicted octanol–water partition coefficient (Wildman–Crippen LogP) is 4.34. The van der Waals surface area contributed by atoms with Crippen LogP contribution in [0.3, 0.4) is 0 Å². The minimum absolute atomic E-state index is 0.0998. The van der Waals surface area contributed by atoms with Gasteiger partial charge in [0.2, 0.25) is 0 Å². The number of pyridine rings is 1. The molecule has 6 nitrogen and oxygen atoms in total. The Morgan fingerprint density at radius 3 is 2.49 bits per heavy atom. The third kappa shape index (κ3) is 5.26. The monoisotopic (exact) mass is 499 g/mol. The summed E-state index contributed by atoms with van der Waals surface area (Å²) in [4.78, 5) is 26.6. The van der Waals surface area contributed by atoms with E-state index in [4.69, 9.17) is 5.26 Å². The van der Waals surface area contributed by atoms with Gasteiger partial charge in [0.1, 0.15) is 5.56 Å². The quantitative estimate of drug-likeness (QED) is 0.510. The molecule has 0 spiro atoms. The van der Waals surface area contributed by atoms with E-state index in [1.165, 1.54) is 49.4 Å². The van der Waals surface area contributed by atoms with E-state index < -0.39 is 34.4 Å². The Bertz CT molecular complexity index is 1370. The van der Waals surface area contributed by atoms with E-state index in [-0.39, 0.29) is 21.8 Å². The zero-order chi connectivity index (χ0) is 25.3. The highest BCUT2D eigenvalue weighted by atomic mass is 32.2. The highest BCUT2D eigenvalue weighted by Gasteiger charge is 2.32. The first-order valence-electron chi connectivity index (χ1n) is 10.7. The smallest absolute Gasteiger partial charge is 0.416 e. The maximum Gasteiger partial charge on any atom is 0.416 e. The number of hydrogen-bond acceptors (Lipinski definition) is 4. The van der Waals surface area contributed by atoms with Crippen molar-refractivity contribution >= 4 is 17.1 Å². The molecule has 1 amide bonds. The fraction of sp³-hybridized carbons (Fsp3) is 0.240. The third-order valence-corrected chi connectivity index (χ3v) is 7.24. The Kier molecular flexibility index (Phi) is 6.74. The lowest BCUT2D eigenvalue weighted by molar-refractivity contribution is -0.137. The van der Waals surface area contributed by atoms with Crippen molar-refractivity contribution in [2.75, 3.05) is 6.54 Å². The summed E-state index contributed by atoms with van der Waals surface area (Å²) in [6, 6.07) is 13.3. The number of hydrogen-bond donors (Lipinski definition) is 1. The Morgan fingerprint density at radius 1 is 1.20 bits per heavy atom. The molecule has 1 aromatic heterocycles. The molecule has 1 heterocycles. The van der Waals surface area contributed by atoms with Crippen LogP contribution in [0.25, 0.3) is 5.69 Å². The number of nitrogens with zero attached hydrogens (tertiary/aromatic N) is 2. The molecule has 2 aromatic carbocycles. The van der Waals surface area contributed by atoms with E-state index in [9.17, 15) is 27.3 Å². The van der Waals surface area contributed by atoms with Gasteiger partial charge in [0.05, 0.1) is 22.9 Å². The topological polar surface area (TPSA) is 97.9 Å². The lowest BCUT2D eigenvalue weighted by Gasteiger charge is -2.19. The molecule has 0 aliphatic heterocycles. The summed E-state index contributed by atoms with van der Waals surface area (Å²) in [7, 11) is 0. The highest BCUT2D eigenvalue weighted by molar-refractivity contribution is 7.91. The van der Waals surface area contributed by atoms with Gasteiger partial charge in [0.15, 0.2) is 9.79 Å². The maximum absolute atomic E-state index is 13.4. The molecular weight excluding hydrogens is 479 g/mol. The van der Waals surface area contributed by atoms with Gasteiger partial charge in [-0.3, -0.25) is 14.2 Å². The van der Waals surface area contributed by atoms with Crippen molar-refractivity contribution in [3.05, 3.63) is 87.3 Å². The summed E-state index contributed by atoms with van der Waals surface area (Å²) >= 11 is -1.88. The van der Waals surface area contributed by atoms with Crippen molar-refractivity contribution in [1.82, 2.24) is 9.88 Å². The van der Waals surface area contributed by atoms with Gasteiger partial charge in [-0.25, -0.2) is 0 Å². The largest absolute Gasteiger partial charge is 0.606 e. The van der Waals surface area contributed by atoms with Crippen LogP contribution in [0.4, 0.5) is 13.2 Å². The van der Waals surface area contributed by atoms with E-state index in [1.807, 2.05) is 6.07 Å². The summed E-state index contributed by atoms with van der Waals surface area (Å²) in [5.41, 5.74) is -1.69. The third-order valence-electron chi connectivity index (χ3n) is 5.72. The van der Waals surface area contributed by atoms with Gasteiger partial charge < -0.3 is 9.87 Å². The van der Waals surface area contributed by atoms with Crippen LogP contribution in [-0.4, -0.2) is 21.6 Å². The van der Waals surface area contributed by atoms with Crippen molar-refractivity contribution in [1.29, 1.82) is 5.26 Å². The average molecular weight is 500 g/mol. The average Bonchev–Trinajstić information content (AvgIpc) is 3.67. The van der Waals surface area contributed by atoms with Gasteiger partial charge in [-0.2, -0.15) is 18.4 Å². The molecule has 0 saturated heterocycles. The second-order valence-corrected chi connectivity index (χ2v) is 9.70. The number of carbonyl (C=O) groups excluding carboxylic acids is 1. The Morgan fingerprint density at radius 2 is 1.89 bits per heavy atom. The molecule has 4 rings (SSSR count). The molecular formula is C25H20F3N3O3S. The lowest BCUT2D eigenvalue weighted by Crippen LogP contribution is -2.35. The Labute approximate surface area is 202 Å². The number of halogens is 3. The number of nitriles is 1. The minimum Gasteiger partial charge on any atom is -0.606 e. The Balaban J connectivity index is 1.87. The maximum atomic E-state index is 13.4. The van der Waals surface area contributed by atoms with Crippen LogP contribution in [0.2, 0.25) is 0 Å². The fourth-order valence-corrected chi connectivity index (χ4v) is 4.82. The van der Waals surface area contributed by atoms with Gasteiger partial charge in [0.25, 0.3) is 11.5 Å². The van der Waals surface area contributed by atoms with E-state index in [2.05, 4.69) is 5.32 Å². The summed E-state index contributed by atoms with van der Waals surface area (Å²) < 4.78 is 54.4. The van der Waals surface area contributed by atoms with E-state index in [0.717, 1.165) is 29.5 Å². The first kappa shape index (κ1) is 24.6. The van der Waals surface area contributed by atoms with E-state index in [1.54, 1.807) is 0 Å². The van der Waals surface area contributed by atoms with Crippen molar-refractivity contribution in [3.8, 4) is 11.8 Å². The summed E-state index contributed by atoms with van der Waals surface area (Å²) in [6.07, 6.45) is -2.70. The number of alkyl halides is 3. The zero-order valence-electron chi connectivity index (χ0n) is 18.6.